The van der Waals surface area contributed by atoms with Crippen LogP contribution in [-0.2, 0) is 9.53 Å². The maximum atomic E-state index is 11.3. The minimum absolute atomic E-state index is 0.0196. The van der Waals surface area contributed by atoms with E-state index in [9.17, 15) is 19.8 Å². The van der Waals surface area contributed by atoms with Crippen molar-refractivity contribution in [2.24, 2.45) is 5.73 Å². The Morgan fingerprint density at radius 2 is 1.89 bits per heavy atom. The van der Waals surface area contributed by atoms with Gasteiger partial charge < -0.3 is 25.4 Å². The molecule has 2 unspecified atom stereocenters. The number of benzene rings is 1. The molecule has 0 heterocycles. The van der Waals surface area contributed by atoms with Gasteiger partial charge in [0.2, 0.25) is 5.91 Å². The number of primary amides is 1. The van der Waals surface area contributed by atoms with E-state index >= 15 is 0 Å². The number of aliphatic hydroxyl groups is 2. The Bertz CT molecular complexity index is 487. The second-order valence-electron chi connectivity index (χ2n) is 3.73. The number of ether oxygens (including phenoxy) is 2. The van der Waals surface area contributed by atoms with Crippen LogP contribution in [0.2, 0.25) is 0 Å². The van der Waals surface area contributed by atoms with Crippen LogP contribution in [-0.4, -0.2) is 42.4 Å². The lowest BCUT2D eigenvalue weighted by molar-refractivity contribution is -0.156. The van der Waals surface area contributed by atoms with Crippen molar-refractivity contribution in [2.75, 3.05) is 14.2 Å². The van der Waals surface area contributed by atoms with Crippen molar-refractivity contribution in [2.45, 2.75) is 12.2 Å². The van der Waals surface area contributed by atoms with Gasteiger partial charge in [-0.15, -0.1) is 0 Å². The number of amides is 1. The number of hydrogen-bond donors (Lipinski definition) is 3. The van der Waals surface area contributed by atoms with Gasteiger partial charge in [-0.1, -0.05) is 6.07 Å². The highest BCUT2D eigenvalue weighted by Crippen LogP contribution is 2.25. The number of aliphatic hydroxyl groups excluding tert-OH is 2. The molecule has 0 radical (unpaired) electrons. The minimum Gasteiger partial charge on any atom is -0.497 e. The van der Waals surface area contributed by atoms with Crippen molar-refractivity contribution in [3.8, 4) is 5.75 Å². The first-order chi connectivity index (χ1) is 8.92. The Kier molecular flexibility index (Phi) is 4.85. The maximum Gasteiger partial charge on any atom is 0.337 e. The molecule has 104 valence electrons. The number of carbonyl (C=O) groups is 2. The summed E-state index contributed by atoms with van der Waals surface area (Å²) < 4.78 is 9.24. The second-order valence-corrected chi connectivity index (χ2v) is 3.73. The molecule has 0 spiro atoms. The fraction of sp³-hybridized carbons (Fsp3) is 0.333. The SMILES string of the molecule is COC(=O)C(O)C(O)c1ccc(OC)cc1C(N)=O. The van der Waals surface area contributed by atoms with Crippen molar-refractivity contribution in [1.29, 1.82) is 0 Å². The van der Waals surface area contributed by atoms with Gasteiger partial charge in [0.1, 0.15) is 11.9 Å². The van der Waals surface area contributed by atoms with Gasteiger partial charge in [-0.3, -0.25) is 4.79 Å². The van der Waals surface area contributed by atoms with E-state index in [2.05, 4.69) is 4.74 Å². The van der Waals surface area contributed by atoms with Gasteiger partial charge >= 0.3 is 5.97 Å². The molecule has 7 nitrogen and oxygen atoms in total. The van der Waals surface area contributed by atoms with E-state index < -0.39 is 24.1 Å². The Hall–Kier alpha value is -2.12. The highest BCUT2D eigenvalue weighted by Gasteiger charge is 2.29. The molecule has 1 amide bonds. The van der Waals surface area contributed by atoms with E-state index in [1.54, 1.807) is 0 Å². The molecule has 4 N–H and O–H groups in total. The van der Waals surface area contributed by atoms with E-state index in [-0.39, 0.29) is 11.1 Å². The standard InChI is InChI=1S/C12H15NO6/c1-18-6-3-4-7(8(5-6)11(13)16)9(14)10(15)12(17)19-2/h3-5,9-10,14-15H,1-2H3,(H2,13,16). The second kappa shape index (κ2) is 6.17. The van der Waals surface area contributed by atoms with Crippen molar-refractivity contribution >= 4 is 11.9 Å². The highest BCUT2D eigenvalue weighted by atomic mass is 16.5. The zero-order chi connectivity index (χ0) is 14.6. The van der Waals surface area contributed by atoms with Gasteiger partial charge in [-0.25, -0.2) is 4.79 Å². The molecule has 0 fully saturated rings. The van der Waals surface area contributed by atoms with Crippen LogP contribution in [0.1, 0.15) is 22.0 Å². The lowest BCUT2D eigenvalue weighted by Crippen LogP contribution is -2.30. The van der Waals surface area contributed by atoms with Crippen LogP contribution in [0.5, 0.6) is 5.75 Å². The largest absolute Gasteiger partial charge is 0.497 e. The van der Waals surface area contributed by atoms with Crippen LogP contribution in [0.15, 0.2) is 18.2 Å². The summed E-state index contributed by atoms with van der Waals surface area (Å²) in [6, 6.07) is 4.12. The number of esters is 1. The summed E-state index contributed by atoms with van der Waals surface area (Å²) in [6.45, 7) is 0. The fourth-order valence-electron chi connectivity index (χ4n) is 1.55. The molecule has 1 aromatic carbocycles. The first kappa shape index (κ1) is 14.9. The molecule has 1 aromatic rings. The first-order valence-corrected chi connectivity index (χ1v) is 5.34. The molecule has 0 saturated heterocycles. The Labute approximate surface area is 109 Å². The molecular weight excluding hydrogens is 254 g/mol. The summed E-state index contributed by atoms with van der Waals surface area (Å²) in [5.74, 6) is -1.47. The average molecular weight is 269 g/mol. The van der Waals surface area contributed by atoms with Crippen LogP contribution in [0.4, 0.5) is 0 Å². The van der Waals surface area contributed by atoms with Gasteiger partial charge in [-0.2, -0.15) is 0 Å². The third-order valence-electron chi connectivity index (χ3n) is 2.59. The molecule has 19 heavy (non-hydrogen) atoms. The number of rotatable bonds is 5. The van der Waals surface area contributed by atoms with E-state index in [1.165, 1.54) is 25.3 Å². The molecule has 0 bridgehead atoms. The lowest BCUT2D eigenvalue weighted by Gasteiger charge is -2.18. The summed E-state index contributed by atoms with van der Waals surface area (Å²) in [5, 5.41) is 19.4. The highest BCUT2D eigenvalue weighted by molar-refractivity contribution is 5.95. The maximum absolute atomic E-state index is 11.3. The predicted molar refractivity (Wildman–Crippen MR) is 64.5 cm³/mol. The molecule has 0 aliphatic carbocycles. The Morgan fingerprint density at radius 1 is 1.26 bits per heavy atom. The summed E-state index contributed by atoms with van der Waals surface area (Å²) in [5.41, 5.74) is 5.15. The third-order valence-corrected chi connectivity index (χ3v) is 2.59. The minimum atomic E-state index is -1.81. The molecule has 0 aliphatic rings. The van der Waals surface area contributed by atoms with Crippen molar-refractivity contribution in [3.63, 3.8) is 0 Å². The normalized spacial score (nSPS) is 13.5. The number of carbonyl (C=O) groups excluding carboxylic acids is 2. The van der Waals surface area contributed by atoms with Crippen molar-refractivity contribution in [3.05, 3.63) is 29.3 Å². The van der Waals surface area contributed by atoms with Gasteiger partial charge in [0.15, 0.2) is 6.10 Å². The summed E-state index contributed by atoms with van der Waals surface area (Å²) in [4.78, 5) is 22.5. The quantitative estimate of drug-likeness (QED) is 0.612. The molecule has 0 saturated carbocycles. The van der Waals surface area contributed by atoms with Gasteiger partial charge in [0.25, 0.3) is 0 Å². The lowest BCUT2D eigenvalue weighted by atomic mass is 9.98. The van der Waals surface area contributed by atoms with Crippen LogP contribution < -0.4 is 10.5 Å². The predicted octanol–water partition coefficient (Wildman–Crippen LogP) is -0.639. The average Bonchev–Trinajstić information content (AvgIpc) is 2.43. The smallest absolute Gasteiger partial charge is 0.337 e. The van der Waals surface area contributed by atoms with Crippen LogP contribution in [0.3, 0.4) is 0 Å². The van der Waals surface area contributed by atoms with Gasteiger partial charge in [0, 0.05) is 5.56 Å². The number of hydrogen-bond acceptors (Lipinski definition) is 6. The Balaban J connectivity index is 3.18. The molecule has 0 aliphatic heterocycles. The first-order valence-electron chi connectivity index (χ1n) is 5.34. The van der Waals surface area contributed by atoms with Crippen molar-refractivity contribution in [1.82, 2.24) is 0 Å². The topological polar surface area (TPSA) is 119 Å². The van der Waals surface area contributed by atoms with Crippen LogP contribution in [0.25, 0.3) is 0 Å². The molecule has 2 atom stereocenters. The zero-order valence-electron chi connectivity index (χ0n) is 10.5. The monoisotopic (exact) mass is 269 g/mol. The van der Waals surface area contributed by atoms with Gasteiger partial charge in [-0.05, 0) is 17.7 Å². The van der Waals surface area contributed by atoms with Gasteiger partial charge in [0.05, 0.1) is 14.2 Å². The molecule has 1 rings (SSSR count). The van der Waals surface area contributed by atoms with Crippen LogP contribution in [0, 0.1) is 0 Å². The van der Waals surface area contributed by atoms with Crippen LogP contribution >= 0.6 is 0 Å². The third kappa shape index (κ3) is 3.21. The summed E-state index contributed by atoms with van der Waals surface area (Å²) >= 11 is 0. The van der Waals surface area contributed by atoms with E-state index in [0.29, 0.717) is 5.75 Å². The zero-order valence-corrected chi connectivity index (χ0v) is 10.5. The van der Waals surface area contributed by atoms with E-state index in [0.717, 1.165) is 7.11 Å². The summed E-state index contributed by atoms with van der Waals surface area (Å²) in [6.07, 6.45) is -3.43. The van der Waals surface area contributed by atoms with E-state index in [1.807, 2.05) is 0 Å². The molecular formula is C12H15NO6. The molecule has 7 heteroatoms. The molecule has 0 aromatic heterocycles. The Morgan fingerprint density at radius 3 is 2.37 bits per heavy atom. The fourth-order valence-corrected chi connectivity index (χ4v) is 1.55. The number of methoxy groups -OCH3 is 2. The van der Waals surface area contributed by atoms with E-state index in [4.69, 9.17) is 10.5 Å². The van der Waals surface area contributed by atoms with Crippen molar-refractivity contribution < 1.29 is 29.3 Å². The summed E-state index contributed by atoms with van der Waals surface area (Å²) in [7, 11) is 2.47. The number of nitrogens with two attached hydrogens (primary N) is 1.